The average molecular weight is 500 g/mol. The first-order chi connectivity index (χ1) is 15.6. The highest BCUT2D eigenvalue weighted by molar-refractivity contribution is 7.91. The van der Waals surface area contributed by atoms with Crippen molar-refractivity contribution in [2.24, 2.45) is 5.90 Å². The second-order valence-electron chi connectivity index (χ2n) is 7.75. The van der Waals surface area contributed by atoms with Gasteiger partial charge < -0.3 is 18.7 Å². The maximum Gasteiger partial charge on any atom is 0.340 e. The van der Waals surface area contributed by atoms with Crippen LogP contribution in [-0.4, -0.2) is 72.5 Å². The van der Waals surface area contributed by atoms with Gasteiger partial charge in [0.1, 0.15) is 21.3 Å². The van der Waals surface area contributed by atoms with Gasteiger partial charge in [0.25, 0.3) is 0 Å². The molecule has 1 heterocycles. The van der Waals surface area contributed by atoms with E-state index >= 15 is 0 Å². The van der Waals surface area contributed by atoms with Gasteiger partial charge in [0.05, 0.1) is 13.2 Å². The lowest BCUT2D eigenvalue weighted by atomic mass is 10.2. The Bertz CT molecular complexity index is 1160. The molecule has 0 radical (unpaired) electrons. The maximum absolute atomic E-state index is 13.2. The van der Waals surface area contributed by atoms with Crippen LogP contribution in [0.25, 0.3) is 0 Å². The van der Waals surface area contributed by atoms with Crippen molar-refractivity contribution >= 4 is 20.1 Å². The van der Waals surface area contributed by atoms with E-state index in [4.69, 9.17) is 14.8 Å². The van der Waals surface area contributed by atoms with Crippen molar-refractivity contribution in [2.75, 3.05) is 46.4 Å². The quantitative estimate of drug-likeness (QED) is 0.293. The van der Waals surface area contributed by atoms with E-state index in [2.05, 4.69) is 4.84 Å². The van der Waals surface area contributed by atoms with Crippen molar-refractivity contribution in [3.8, 4) is 11.5 Å². The number of piperazine rings is 1. The summed E-state index contributed by atoms with van der Waals surface area (Å²) >= 11 is 0. The summed E-state index contributed by atoms with van der Waals surface area (Å²) in [7, 11) is -6.57. The summed E-state index contributed by atoms with van der Waals surface area (Å²) in [6.45, 7) is 4.09. The lowest BCUT2D eigenvalue weighted by Gasteiger charge is -2.31. The average Bonchev–Trinajstić information content (AvgIpc) is 2.76. The van der Waals surface area contributed by atoms with Gasteiger partial charge in [-0.2, -0.15) is 12.7 Å². The van der Waals surface area contributed by atoms with Crippen LogP contribution in [0.3, 0.4) is 0 Å². The Morgan fingerprint density at radius 2 is 1.55 bits per heavy atom. The molecule has 1 aliphatic rings. The minimum absolute atomic E-state index is 0.0203. The first-order valence-electron chi connectivity index (χ1n) is 10.4. The Balaban J connectivity index is 1.87. The van der Waals surface area contributed by atoms with Crippen molar-refractivity contribution in [1.82, 2.24) is 9.21 Å². The van der Waals surface area contributed by atoms with E-state index in [1.165, 1.54) is 40.7 Å². The van der Waals surface area contributed by atoms with E-state index in [-0.39, 0.29) is 23.7 Å². The number of rotatable bonds is 10. The molecule has 182 valence electrons. The summed E-state index contributed by atoms with van der Waals surface area (Å²) in [5.74, 6) is 5.42. The zero-order valence-corrected chi connectivity index (χ0v) is 20.3. The smallest absolute Gasteiger partial charge is 0.340 e. The Morgan fingerprint density at radius 3 is 2.21 bits per heavy atom. The molecule has 10 nitrogen and oxygen atoms in total. The lowest BCUT2D eigenvalue weighted by molar-refractivity contribution is 0.122. The number of nitrogens with zero attached hydrogens (tertiary/aromatic N) is 2. The van der Waals surface area contributed by atoms with Crippen LogP contribution in [0.2, 0.25) is 0 Å². The van der Waals surface area contributed by atoms with Crippen LogP contribution < -0.4 is 14.8 Å². The molecule has 0 amide bonds. The minimum Gasteiger partial charge on any atom is -0.493 e. The second-order valence-corrected chi connectivity index (χ2v) is 11.2. The summed E-state index contributed by atoms with van der Waals surface area (Å²) in [4.78, 5) is 5.79. The summed E-state index contributed by atoms with van der Waals surface area (Å²) in [6, 6.07) is 10.2. The highest BCUT2D eigenvalue weighted by Crippen LogP contribution is 2.30. The zero-order valence-electron chi connectivity index (χ0n) is 18.6. The molecule has 1 aliphatic heterocycles. The number of sulfonamides is 1. The fraction of sp³-hybridized carbons (Fsp3) is 0.429. The Hall–Kier alpha value is -2.22. The molecule has 0 spiro atoms. The Kier molecular flexibility index (Phi) is 8.32. The van der Waals surface area contributed by atoms with E-state index in [9.17, 15) is 16.8 Å². The summed E-state index contributed by atoms with van der Waals surface area (Å²) in [5, 5.41) is 0. The van der Waals surface area contributed by atoms with Gasteiger partial charge in [-0.15, -0.1) is 0 Å². The largest absolute Gasteiger partial charge is 0.493 e. The van der Waals surface area contributed by atoms with E-state index in [0.29, 0.717) is 44.0 Å². The summed E-state index contributed by atoms with van der Waals surface area (Å²) < 4.78 is 65.0. The van der Waals surface area contributed by atoms with Gasteiger partial charge in [0, 0.05) is 38.7 Å². The molecule has 0 unspecified atom stereocenters. The molecule has 0 atom stereocenters. The molecular formula is C21H29N3O7S2. The van der Waals surface area contributed by atoms with Gasteiger partial charge in [0.15, 0.2) is 0 Å². The molecule has 0 saturated carbocycles. The number of nitrogens with two attached hydrogens (primary N) is 1. The van der Waals surface area contributed by atoms with Crippen LogP contribution in [0.15, 0.2) is 52.3 Å². The lowest BCUT2D eigenvalue weighted by Crippen LogP contribution is -2.47. The monoisotopic (exact) mass is 499 g/mol. The molecule has 3 rings (SSSR count). The molecule has 2 N–H and O–H groups in total. The number of likely N-dealkylation sites (N-methyl/N-ethyl adjacent to an activating group) is 1. The van der Waals surface area contributed by atoms with Gasteiger partial charge >= 0.3 is 10.1 Å². The first-order valence-corrected chi connectivity index (χ1v) is 13.3. The van der Waals surface area contributed by atoms with Gasteiger partial charge in [0.2, 0.25) is 10.0 Å². The second kappa shape index (κ2) is 10.8. The van der Waals surface area contributed by atoms with Crippen LogP contribution in [-0.2, 0) is 25.0 Å². The minimum atomic E-state index is -4.45. The number of hydrogen-bond acceptors (Lipinski definition) is 9. The van der Waals surface area contributed by atoms with Gasteiger partial charge in [-0.25, -0.2) is 14.3 Å². The standard InChI is InChI=1S/C21H29N3O7S2/c1-17-14-18(29-12-5-13-30-22)16-19(15-17)31-33(27,28)21-7-4-3-6-20(21)32(25,26)24-10-8-23(2)9-11-24/h3-4,6-7,14-16H,5,8-13,22H2,1-2H3. The Morgan fingerprint density at radius 1 is 0.909 bits per heavy atom. The molecule has 33 heavy (non-hydrogen) atoms. The number of hydrogen-bond donors (Lipinski definition) is 1. The number of benzene rings is 2. The summed E-state index contributed by atoms with van der Waals surface area (Å²) in [5.41, 5.74) is 0.714. The van der Waals surface area contributed by atoms with Crippen molar-refractivity contribution in [2.45, 2.75) is 23.1 Å². The van der Waals surface area contributed by atoms with Crippen LogP contribution in [0.5, 0.6) is 11.5 Å². The van der Waals surface area contributed by atoms with Crippen molar-refractivity contribution in [3.63, 3.8) is 0 Å². The molecule has 1 fully saturated rings. The molecule has 0 aliphatic carbocycles. The predicted octanol–water partition coefficient (Wildman–Crippen LogP) is 1.36. The van der Waals surface area contributed by atoms with Gasteiger partial charge in [-0.3, -0.25) is 0 Å². The van der Waals surface area contributed by atoms with E-state index in [0.717, 1.165) is 0 Å². The van der Waals surface area contributed by atoms with Crippen molar-refractivity contribution < 1.29 is 30.6 Å². The molecular weight excluding hydrogens is 470 g/mol. The maximum atomic E-state index is 13.2. The van der Waals surface area contributed by atoms with Crippen molar-refractivity contribution in [3.05, 3.63) is 48.0 Å². The van der Waals surface area contributed by atoms with Crippen LogP contribution >= 0.6 is 0 Å². The van der Waals surface area contributed by atoms with Crippen molar-refractivity contribution in [1.29, 1.82) is 0 Å². The third kappa shape index (κ3) is 6.43. The molecule has 0 aromatic heterocycles. The highest BCUT2D eigenvalue weighted by atomic mass is 32.2. The van der Waals surface area contributed by atoms with E-state index in [1.807, 2.05) is 11.9 Å². The first kappa shape index (κ1) is 25.4. The zero-order chi connectivity index (χ0) is 24.1. The fourth-order valence-corrected chi connectivity index (χ4v) is 6.50. The third-order valence-electron chi connectivity index (χ3n) is 5.10. The fourth-order valence-electron chi connectivity index (χ4n) is 3.39. The molecule has 1 saturated heterocycles. The normalized spacial score (nSPS) is 16.0. The van der Waals surface area contributed by atoms with E-state index < -0.39 is 25.0 Å². The van der Waals surface area contributed by atoms with Gasteiger partial charge in [-0.1, -0.05) is 12.1 Å². The summed E-state index contributed by atoms with van der Waals surface area (Å²) in [6.07, 6.45) is 0.552. The predicted molar refractivity (Wildman–Crippen MR) is 122 cm³/mol. The van der Waals surface area contributed by atoms with Crippen LogP contribution in [0.4, 0.5) is 0 Å². The molecule has 2 aromatic carbocycles. The molecule has 0 bridgehead atoms. The highest BCUT2D eigenvalue weighted by Gasteiger charge is 2.33. The SMILES string of the molecule is Cc1cc(OCCCON)cc(OS(=O)(=O)c2ccccc2S(=O)(=O)N2CCN(C)CC2)c1. The number of ether oxygens (including phenoxy) is 1. The molecule has 12 heteroatoms. The third-order valence-corrected chi connectivity index (χ3v) is 8.50. The van der Waals surface area contributed by atoms with E-state index in [1.54, 1.807) is 13.0 Å². The van der Waals surface area contributed by atoms with Crippen LogP contribution in [0, 0.1) is 6.92 Å². The van der Waals surface area contributed by atoms with Crippen LogP contribution in [0.1, 0.15) is 12.0 Å². The Labute approximate surface area is 195 Å². The van der Waals surface area contributed by atoms with Gasteiger partial charge in [-0.05, 0) is 43.8 Å². The topological polar surface area (TPSA) is 128 Å². The number of aryl methyl sites for hydroxylation is 1. The molecule has 2 aromatic rings.